The van der Waals surface area contributed by atoms with Gasteiger partial charge in [-0.15, -0.1) is 0 Å². The third-order valence-electron chi connectivity index (χ3n) is 3.24. The Kier molecular flexibility index (Phi) is 6.67. The molecule has 1 aromatic carbocycles. The third-order valence-corrected chi connectivity index (χ3v) is 3.24. The topological polar surface area (TPSA) is 50.7 Å². The summed E-state index contributed by atoms with van der Waals surface area (Å²) in [4.78, 5) is 0. The molecule has 0 aromatic heterocycles. The van der Waals surface area contributed by atoms with Crippen LogP contribution >= 0.6 is 0 Å². The summed E-state index contributed by atoms with van der Waals surface area (Å²) in [6, 6.07) is 6.23. The Bertz CT molecular complexity index is 382. The van der Waals surface area contributed by atoms with Crippen LogP contribution in [-0.2, 0) is 0 Å². The molecule has 2 N–H and O–H groups in total. The van der Waals surface area contributed by atoms with Gasteiger partial charge in [-0.3, -0.25) is 0 Å². The quantitative estimate of drug-likeness (QED) is 0.759. The zero-order valence-corrected chi connectivity index (χ0v) is 12.3. The fraction of sp³-hybridized carbons (Fsp3) is 0.600. The lowest BCUT2D eigenvalue weighted by atomic mass is 10.0. The summed E-state index contributed by atoms with van der Waals surface area (Å²) in [5.41, 5.74) is 1.17. The molecule has 2 unspecified atom stereocenters. The summed E-state index contributed by atoms with van der Waals surface area (Å²) in [5.74, 6) is 1.74. The number of ether oxygens (including phenoxy) is 2. The van der Waals surface area contributed by atoms with Crippen LogP contribution in [0.25, 0.3) is 0 Å². The minimum Gasteiger partial charge on any atom is -0.493 e. The van der Waals surface area contributed by atoms with E-state index in [1.165, 1.54) is 5.56 Å². The number of benzene rings is 1. The molecule has 0 saturated carbocycles. The number of hydrogen-bond acceptors (Lipinski definition) is 4. The lowest BCUT2D eigenvalue weighted by Crippen LogP contribution is -2.27. The summed E-state index contributed by atoms with van der Waals surface area (Å²) < 4.78 is 10.6. The summed E-state index contributed by atoms with van der Waals surface area (Å²) in [6.07, 6.45) is 0.980. The van der Waals surface area contributed by atoms with Crippen molar-refractivity contribution in [3.63, 3.8) is 0 Å². The van der Waals surface area contributed by atoms with Crippen molar-refractivity contribution in [1.29, 1.82) is 0 Å². The number of hydrogen-bond donors (Lipinski definition) is 2. The first kappa shape index (κ1) is 15.8. The molecule has 108 valence electrons. The van der Waals surface area contributed by atoms with Crippen LogP contribution in [0.5, 0.6) is 11.5 Å². The molecular formula is C15H25NO3. The molecule has 0 spiro atoms. The highest BCUT2D eigenvalue weighted by molar-refractivity contribution is 5.43. The van der Waals surface area contributed by atoms with Crippen LogP contribution in [0, 0.1) is 5.92 Å². The second kappa shape index (κ2) is 8.02. The van der Waals surface area contributed by atoms with Crippen LogP contribution in [-0.4, -0.2) is 32.5 Å². The molecule has 1 rings (SSSR count). The minimum absolute atomic E-state index is 0.204. The Balaban J connectivity index is 2.80. The maximum atomic E-state index is 9.06. The molecule has 4 nitrogen and oxygen atoms in total. The first-order chi connectivity index (χ1) is 9.15. The maximum Gasteiger partial charge on any atom is 0.161 e. The van der Waals surface area contributed by atoms with Crippen molar-refractivity contribution in [3.8, 4) is 11.5 Å². The van der Waals surface area contributed by atoms with Gasteiger partial charge in [-0.1, -0.05) is 19.9 Å². The first-order valence-electron chi connectivity index (χ1n) is 6.72. The van der Waals surface area contributed by atoms with Gasteiger partial charge in [0.25, 0.3) is 0 Å². The van der Waals surface area contributed by atoms with E-state index in [4.69, 9.17) is 14.6 Å². The van der Waals surface area contributed by atoms with Gasteiger partial charge >= 0.3 is 0 Å². The molecule has 0 amide bonds. The molecule has 2 atom stereocenters. The Morgan fingerprint density at radius 1 is 1.21 bits per heavy atom. The van der Waals surface area contributed by atoms with Gasteiger partial charge < -0.3 is 19.9 Å². The Morgan fingerprint density at radius 2 is 1.89 bits per heavy atom. The van der Waals surface area contributed by atoms with Gasteiger partial charge in [-0.2, -0.15) is 0 Å². The Morgan fingerprint density at radius 3 is 2.42 bits per heavy atom. The highest BCUT2D eigenvalue weighted by Gasteiger charge is 2.13. The van der Waals surface area contributed by atoms with Gasteiger partial charge in [0.1, 0.15) is 0 Å². The molecule has 1 aromatic rings. The largest absolute Gasteiger partial charge is 0.493 e. The number of methoxy groups -OCH3 is 2. The van der Waals surface area contributed by atoms with Crippen molar-refractivity contribution in [2.45, 2.75) is 26.3 Å². The second-order valence-corrected chi connectivity index (χ2v) is 4.77. The minimum atomic E-state index is 0.204. The Hall–Kier alpha value is -1.26. The van der Waals surface area contributed by atoms with Crippen LogP contribution in [0.15, 0.2) is 18.2 Å². The van der Waals surface area contributed by atoms with Crippen molar-refractivity contribution >= 4 is 0 Å². The van der Waals surface area contributed by atoms with Crippen LogP contribution in [0.1, 0.15) is 31.9 Å². The van der Waals surface area contributed by atoms with E-state index in [1.807, 2.05) is 25.1 Å². The van der Waals surface area contributed by atoms with E-state index in [1.54, 1.807) is 14.2 Å². The van der Waals surface area contributed by atoms with Gasteiger partial charge in [0.2, 0.25) is 0 Å². The van der Waals surface area contributed by atoms with E-state index in [2.05, 4.69) is 12.2 Å². The summed E-state index contributed by atoms with van der Waals surface area (Å²) in [7, 11) is 3.28. The van der Waals surface area contributed by atoms with Gasteiger partial charge in [0, 0.05) is 19.2 Å². The summed E-state index contributed by atoms with van der Waals surface area (Å²) >= 11 is 0. The van der Waals surface area contributed by atoms with Crippen molar-refractivity contribution < 1.29 is 14.6 Å². The van der Waals surface area contributed by atoms with Crippen LogP contribution in [0.4, 0.5) is 0 Å². The van der Waals surface area contributed by atoms with Crippen molar-refractivity contribution in [2.75, 3.05) is 27.4 Å². The zero-order chi connectivity index (χ0) is 14.3. The fourth-order valence-electron chi connectivity index (χ4n) is 1.98. The van der Waals surface area contributed by atoms with E-state index in [0.29, 0.717) is 0 Å². The predicted octanol–water partition coefficient (Wildman–Crippen LogP) is 2.37. The molecule has 0 aliphatic heterocycles. The number of rotatable bonds is 8. The van der Waals surface area contributed by atoms with Crippen molar-refractivity contribution in [3.05, 3.63) is 23.8 Å². The van der Waals surface area contributed by atoms with Gasteiger partial charge in [0.05, 0.1) is 14.2 Å². The zero-order valence-electron chi connectivity index (χ0n) is 12.3. The number of aliphatic hydroxyl groups excluding tert-OH is 1. The molecule has 0 radical (unpaired) electrons. The molecule has 0 heterocycles. The summed E-state index contributed by atoms with van der Waals surface area (Å²) in [5, 5.41) is 12.5. The van der Waals surface area contributed by atoms with Gasteiger partial charge in [-0.25, -0.2) is 0 Å². The lowest BCUT2D eigenvalue weighted by Gasteiger charge is -2.20. The number of aliphatic hydroxyl groups is 1. The summed E-state index contributed by atoms with van der Waals surface area (Å²) in [6.45, 7) is 5.16. The van der Waals surface area contributed by atoms with E-state index < -0.39 is 0 Å². The van der Waals surface area contributed by atoms with Crippen LogP contribution in [0.2, 0.25) is 0 Å². The lowest BCUT2D eigenvalue weighted by molar-refractivity contribution is 0.229. The van der Waals surface area contributed by atoms with E-state index in [0.717, 1.165) is 24.5 Å². The normalized spacial score (nSPS) is 13.9. The van der Waals surface area contributed by atoms with E-state index >= 15 is 0 Å². The average molecular weight is 267 g/mol. The van der Waals surface area contributed by atoms with Crippen LogP contribution in [0.3, 0.4) is 0 Å². The average Bonchev–Trinajstić information content (AvgIpc) is 2.47. The van der Waals surface area contributed by atoms with E-state index in [9.17, 15) is 0 Å². The molecule has 0 saturated heterocycles. The highest BCUT2D eigenvalue weighted by Crippen LogP contribution is 2.30. The fourth-order valence-corrected chi connectivity index (χ4v) is 1.98. The molecule has 4 heteroatoms. The smallest absolute Gasteiger partial charge is 0.161 e. The van der Waals surface area contributed by atoms with Crippen molar-refractivity contribution in [1.82, 2.24) is 5.32 Å². The standard InChI is InChI=1S/C15H25NO3/c1-5-13(16-9-11(2)10-17)12-6-7-14(18-3)15(8-12)19-4/h6-8,11,13,16-17H,5,9-10H2,1-4H3. The van der Waals surface area contributed by atoms with Gasteiger partial charge in [0.15, 0.2) is 11.5 Å². The van der Waals surface area contributed by atoms with Crippen molar-refractivity contribution in [2.24, 2.45) is 5.92 Å². The molecule has 0 aliphatic carbocycles. The molecule has 19 heavy (non-hydrogen) atoms. The SMILES string of the molecule is CCC(NCC(C)CO)c1ccc(OC)c(OC)c1. The van der Waals surface area contributed by atoms with Crippen LogP contribution < -0.4 is 14.8 Å². The Labute approximate surface area is 115 Å². The molecule has 0 fully saturated rings. The number of nitrogens with one attached hydrogen (secondary N) is 1. The predicted molar refractivity (Wildman–Crippen MR) is 76.8 cm³/mol. The van der Waals surface area contributed by atoms with E-state index in [-0.39, 0.29) is 18.6 Å². The van der Waals surface area contributed by atoms with Gasteiger partial charge in [-0.05, 0) is 30.0 Å². The third kappa shape index (κ3) is 4.40. The molecule has 0 aliphatic rings. The maximum absolute atomic E-state index is 9.06. The molecule has 0 bridgehead atoms. The highest BCUT2D eigenvalue weighted by atomic mass is 16.5. The molecular weight excluding hydrogens is 242 g/mol. The second-order valence-electron chi connectivity index (χ2n) is 4.77. The first-order valence-corrected chi connectivity index (χ1v) is 6.72. The monoisotopic (exact) mass is 267 g/mol.